The first-order valence-corrected chi connectivity index (χ1v) is 7.18. The Labute approximate surface area is 115 Å². The van der Waals surface area contributed by atoms with Gasteiger partial charge in [-0.25, -0.2) is 0 Å². The fraction of sp³-hybridized carbons (Fsp3) is 0.333. The topological polar surface area (TPSA) is 20.2 Å². The predicted molar refractivity (Wildman–Crippen MR) is 81.4 cm³/mol. The van der Waals surface area contributed by atoms with Crippen molar-refractivity contribution in [1.82, 2.24) is 0 Å². The molecular formula is C18H22O. The van der Waals surface area contributed by atoms with Crippen molar-refractivity contribution in [2.24, 2.45) is 0 Å². The van der Waals surface area contributed by atoms with Crippen molar-refractivity contribution >= 4 is 0 Å². The highest BCUT2D eigenvalue weighted by atomic mass is 16.3. The molecule has 0 aliphatic carbocycles. The van der Waals surface area contributed by atoms with E-state index in [1.807, 2.05) is 42.5 Å². The fourth-order valence-corrected chi connectivity index (χ4v) is 2.34. The zero-order chi connectivity index (χ0) is 13.5. The van der Waals surface area contributed by atoms with Gasteiger partial charge in [-0.1, -0.05) is 62.6 Å². The van der Waals surface area contributed by atoms with Gasteiger partial charge in [0.25, 0.3) is 0 Å². The molecule has 2 rings (SSSR count). The van der Waals surface area contributed by atoms with E-state index in [2.05, 4.69) is 13.0 Å². The van der Waals surface area contributed by atoms with Crippen molar-refractivity contribution in [2.75, 3.05) is 0 Å². The second kappa shape index (κ2) is 6.98. The molecule has 0 aromatic heterocycles. The van der Waals surface area contributed by atoms with Crippen LogP contribution in [0.5, 0.6) is 5.75 Å². The highest BCUT2D eigenvalue weighted by molar-refractivity contribution is 5.70. The first-order valence-electron chi connectivity index (χ1n) is 7.18. The molecule has 0 aliphatic heterocycles. The van der Waals surface area contributed by atoms with E-state index in [0.717, 1.165) is 17.5 Å². The summed E-state index contributed by atoms with van der Waals surface area (Å²) in [5.74, 6) is 0.364. The molecule has 1 nitrogen and oxygen atoms in total. The van der Waals surface area contributed by atoms with Crippen LogP contribution in [0.4, 0.5) is 0 Å². The number of phenolic OH excluding ortho intramolecular Hbond substituents is 1. The number of hydrogen-bond acceptors (Lipinski definition) is 1. The van der Waals surface area contributed by atoms with E-state index in [9.17, 15) is 5.11 Å². The molecule has 0 fully saturated rings. The minimum atomic E-state index is 0.364. The van der Waals surface area contributed by atoms with Crippen LogP contribution < -0.4 is 0 Å². The van der Waals surface area contributed by atoms with Crippen LogP contribution in [0.3, 0.4) is 0 Å². The van der Waals surface area contributed by atoms with Crippen LogP contribution in [0.15, 0.2) is 48.5 Å². The zero-order valence-corrected chi connectivity index (χ0v) is 11.6. The molecule has 0 radical (unpaired) electrons. The minimum Gasteiger partial charge on any atom is -0.507 e. The summed E-state index contributed by atoms with van der Waals surface area (Å²) in [7, 11) is 0. The third-order valence-electron chi connectivity index (χ3n) is 3.46. The number of phenols is 1. The molecule has 0 saturated heterocycles. The van der Waals surface area contributed by atoms with Gasteiger partial charge in [0, 0.05) is 5.56 Å². The van der Waals surface area contributed by atoms with E-state index < -0.39 is 0 Å². The lowest BCUT2D eigenvalue weighted by Gasteiger charge is -2.08. The second-order valence-corrected chi connectivity index (χ2v) is 5.03. The van der Waals surface area contributed by atoms with Crippen molar-refractivity contribution in [3.63, 3.8) is 0 Å². The summed E-state index contributed by atoms with van der Waals surface area (Å²) < 4.78 is 0. The first-order chi connectivity index (χ1) is 9.31. The van der Waals surface area contributed by atoms with E-state index in [4.69, 9.17) is 0 Å². The molecule has 2 aromatic rings. The van der Waals surface area contributed by atoms with Gasteiger partial charge in [-0.2, -0.15) is 0 Å². The van der Waals surface area contributed by atoms with E-state index in [1.54, 1.807) is 0 Å². The van der Waals surface area contributed by atoms with Gasteiger partial charge in [-0.05, 0) is 36.1 Å². The maximum Gasteiger partial charge on any atom is 0.123 e. The first kappa shape index (κ1) is 13.7. The summed E-state index contributed by atoms with van der Waals surface area (Å²) in [6.45, 7) is 2.23. The molecule has 1 heteroatoms. The van der Waals surface area contributed by atoms with Crippen LogP contribution in [0.2, 0.25) is 0 Å². The molecule has 100 valence electrons. The van der Waals surface area contributed by atoms with Crippen molar-refractivity contribution in [2.45, 2.75) is 39.0 Å². The molecule has 0 aliphatic rings. The second-order valence-electron chi connectivity index (χ2n) is 5.03. The third-order valence-corrected chi connectivity index (χ3v) is 3.46. The van der Waals surface area contributed by atoms with Gasteiger partial charge in [0.05, 0.1) is 0 Å². The molecule has 19 heavy (non-hydrogen) atoms. The summed E-state index contributed by atoms with van der Waals surface area (Å²) in [5, 5.41) is 10.00. The summed E-state index contributed by atoms with van der Waals surface area (Å²) in [6.07, 6.45) is 6.19. The van der Waals surface area contributed by atoms with Crippen molar-refractivity contribution in [3.05, 3.63) is 54.1 Å². The van der Waals surface area contributed by atoms with Crippen LogP contribution in [0.25, 0.3) is 11.1 Å². The van der Waals surface area contributed by atoms with Gasteiger partial charge >= 0.3 is 0 Å². The molecule has 0 saturated carbocycles. The fourth-order valence-electron chi connectivity index (χ4n) is 2.34. The molecule has 2 aromatic carbocycles. The normalized spacial score (nSPS) is 10.6. The lowest BCUT2D eigenvalue weighted by Crippen LogP contribution is -1.88. The number of rotatable bonds is 6. The quantitative estimate of drug-likeness (QED) is 0.704. The Morgan fingerprint density at radius 2 is 1.68 bits per heavy atom. The molecule has 0 spiro atoms. The van der Waals surface area contributed by atoms with Crippen molar-refractivity contribution in [3.8, 4) is 16.9 Å². The van der Waals surface area contributed by atoms with Crippen molar-refractivity contribution in [1.29, 1.82) is 0 Å². The summed E-state index contributed by atoms with van der Waals surface area (Å²) in [4.78, 5) is 0. The van der Waals surface area contributed by atoms with E-state index >= 15 is 0 Å². The molecule has 1 N–H and O–H groups in total. The SMILES string of the molecule is CCCCCCc1ccc(O)c(-c2ccccc2)c1. The smallest absolute Gasteiger partial charge is 0.123 e. The minimum absolute atomic E-state index is 0.364. The van der Waals surface area contributed by atoms with Gasteiger partial charge in [-0.3, -0.25) is 0 Å². The molecule has 0 amide bonds. The highest BCUT2D eigenvalue weighted by Crippen LogP contribution is 2.30. The Balaban J connectivity index is 2.11. The number of unbranched alkanes of at least 4 members (excludes halogenated alkanes) is 3. The number of benzene rings is 2. The number of hydrogen-bond donors (Lipinski definition) is 1. The predicted octanol–water partition coefficient (Wildman–Crippen LogP) is 5.18. The Hall–Kier alpha value is -1.76. The summed E-state index contributed by atoms with van der Waals surface area (Å²) >= 11 is 0. The summed E-state index contributed by atoms with van der Waals surface area (Å²) in [6, 6.07) is 16.0. The van der Waals surface area contributed by atoms with E-state index in [0.29, 0.717) is 5.75 Å². The standard InChI is InChI=1S/C18H22O/c1-2-3-4-6-9-15-12-13-18(19)17(14-15)16-10-7-5-8-11-16/h5,7-8,10-14,19H,2-4,6,9H2,1H3. The van der Waals surface area contributed by atoms with Gasteiger partial charge in [-0.15, -0.1) is 0 Å². The zero-order valence-electron chi connectivity index (χ0n) is 11.6. The van der Waals surface area contributed by atoms with Crippen LogP contribution in [-0.4, -0.2) is 5.11 Å². The average molecular weight is 254 g/mol. The summed E-state index contributed by atoms with van der Waals surface area (Å²) in [5.41, 5.74) is 3.33. The van der Waals surface area contributed by atoms with Gasteiger partial charge in [0.1, 0.15) is 5.75 Å². The van der Waals surface area contributed by atoms with Gasteiger partial charge < -0.3 is 5.11 Å². The van der Waals surface area contributed by atoms with E-state index in [-0.39, 0.29) is 0 Å². The molecule has 0 heterocycles. The lowest BCUT2D eigenvalue weighted by molar-refractivity contribution is 0.477. The molecule has 0 atom stereocenters. The maximum atomic E-state index is 10.00. The Kier molecular flexibility index (Phi) is 5.02. The van der Waals surface area contributed by atoms with Crippen LogP contribution in [-0.2, 0) is 6.42 Å². The molecule has 0 unspecified atom stereocenters. The van der Waals surface area contributed by atoms with Crippen LogP contribution in [0, 0.1) is 0 Å². The Morgan fingerprint density at radius 1 is 0.895 bits per heavy atom. The Bertz CT molecular complexity index is 502. The highest BCUT2D eigenvalue weighted by Gasteiger charge is 2.05. The number of aromatic hydroxyl groups is 1. The maximum absolute atomic E-state index is 10.00. The largest absolute Gasteiger partial charge is 0.507 e. The number of aryl methyl sites for hydroxylation is 1. The molecule has 0 bridgehead atoms. The van der Waals surface area contributed by atoms with Crippen molar-refractivity contribution < 1.29 is 5.11 Å². The van der Waals surface area contributed by atoms with Gasteiger partial charge in [0.15, 0.2) is 0 Å². The van der Waals surface area contributed by atoms with Crippen LogP contribution >= 0.6 is 0 Å². The van der Waals surface area contributed by atoms with E-state index in [1.165, 1.54) is 31.2 Å². The average Bonchev–Trinajstić information content (AvgIpc) is 2.46. The monoisotopic (exact) mass is 254 g/mol. The lowest BCUT2D eigenvalue weighted by atomic mass is 9.99. The van der Waals surface area contributed by atoms with Gasteiger partial charge in [0.2, 0.25) is 0 Å². The van der Waals surface area contributed by atoms with Crippen LogP contribution in [0.1, 0.15) is 38.2 Å². The molecular weight excluding hydrogens is 232 g/mol. The Morgan fingerprint density at radius 3 is 2.42 bits per heavy atom. The third kappa shape index (κ3) is 3.85.